The van der Waals surface area contributed by atoms with Gasteiger partial charge in [0, 0.05) is 12.0 Å². The SMILES string of the molecule is COc1ccc2c(c1)C(=O)C(=C[O-])C2. The summed E-state index contributed by atoms with van der Waals surface area (Å²) in [4.78, 5) is 11.6. The minimum atomic E-state index is -0.172. The predicted molar refractivity (Wildman–Crippen MR) is 49.1 cm³/mol. The van der Waals surface area contributed by atoms with Crippen LogP contribution in [0.5, 0.6) is 5.75 Å². The first kappa shape index (κ1) is 8.81. The number of allylic oxidation sites excluding steroid dienone is 1. The molecule has 0 fully saturated rings. The zero-order valence-corrected chi connectivity index (χ0v) is 7.74. The number of hydrogen-bond acceptors (Lipinski definition) is 3. The Hall–Kier alpha value is -1.77. The molecule has 3 heteroatoms. The maximum Gasteiger partial charge on any atom is 0.188 e. The first-order valence-corrected chi connectivity index (χ1v) is 4.29. The van der Waals surface area contributed by atoms with Crippen molar-refractivity contribution in [3.05, 3.63) is 41.2 Å². The lowest BCUT2D eigenvalue weighted by atomic mass is 10.1. The highest BCUT2D eigenvalue weighted by atomic mass is 16.5. The van der Waals surface area contributed by atoms with Gasteiger partial charge in [0.15, 0.2) is 5.78 Å². The first-order valence-electron chi connectivity index (χ1n) is 4.29. The number of ketones is 1. The van der Waals surface area contributed by atoms with Crippen LogP contribution in [0.3, 0.4) is 0 Å². The van der Waals surface area contributed by atoms with E-state index in [1.165, 1.54) is 0 Å². The first-order chi connectivity index (χ1) is 6.76. The minimum absolute atomic E-state index is 0.172. The molecule has 0 atom stereocenters. The number of benzene rings is 1. The summed E-state index contributed by atoms with van der Waals surface area (Å²) >= 11 is 0. The maximum absolute atomic E-state index is 11.6. The Kier molecular flexibility index (Phi) is 2.00. The number of hydrogen-bond donors (Lipinski definition) is 0. The zero-order chi connectivity index (χ0) is 10.1. The van der Waals surface area contributed by atoms with Crippen molar-refractivity contribution in [1.82, 2.24) is 0 Å². The van der Waals surface area contributed by atoms with Gasteiger partial charge in [-0.2, -0.15) is 0 Å². The normalized spacial score (nSPS) is 17.2. The average molecular weight is 189 g/mol. The van der Waals surface area contributed by atoms with Crippen molar-refractivity contribution in [3.63, 3.8) is 0 Å². The molecule has 0 spiro atoms. The number of methoxy groups -OCH3 is 1. The summed E-state index contributed by atoms with van der Waals surface area (Å²) in [6.45, 7) is 0. The second-order valence-corrected chi connectivity index (χ2v) is 3.17. The molecule has 0 aromatic heterocycles. The highest BCUT2D eigenvalue weighted by molar-refractivity contribution is 6.13. The number of rotatable bonds is 1. The fraction of sp³-hybridized carbons (Fsp3) is 0.182. The Balaban J connectivity index is 2.50. The molecule has 2 rings (SSSR count). The van der Waals surface area contributed by atoms with Crippen LogP contribution in [0.15, 0.2) is 30.0 Å². The van der Waals surface area contributed by atoms with E-state index in [1.54, 1.807) is 19.2 Å². The summed E-state index contributed by atoms with van der Waals surface area (Å²) in [6, 6.07) is 5.29. The molecular weight excluding hydrogens is 180 g/mol. The van der Waals surface area contributed by atoms with Crippen molar-refractivity contribution in [1.29, 1.82) is 0 Å². The number of carbonyl (C=O) groups is 1. The summed E-state index contributed by atoms with van der Waals surface area (Å²) < 4.78 is 5.01. The number of ether oxygens (including phenoxy) is 1. The molecule has 1 aromatic rings. The zero-order valence-electron chi connectivity index (χ0n) is 7.74. The van der Waals surface area contributed by atoms with Gasteiger partial charge < -0.3 is 9.84 Å². The van der Waals surface area contributed by atoms with Crippen LogP contribution in [-0.4, -0.2) is 12.9 Å². The molecule has 0 saturated heterocycles. The van der Waals surface area contributed by atoms with Crippen LogP contribution >= 0.6 is 0 Å². The molecule has 0 unspecified atom stereocenters. The average Bonchev–Trinajstić information content (AvgIpc) is 2.55. The highest BCUT2D eigenvalue weighted by Gasteiger charge is 2.23. The Bertz CT molecular complexity index is 419. The lowest BCUT2D eigenvalue weighted by Crippen LogP contribution is -2.00. The van der Waals surface area contributed by atoms with E-state index < -0.39 is 0 Å². The van der Waals surface area contributed by atoms with Crippen LogP contribution in [0.1, 0.15) is 15.9 Å². The molecular formula is C11H9O3-. The Morgan fingerprint density at radius 2 is 2.29 bits per heavy atom. The van der Waals surface area contributed by atoms with E-state index in [1.807, 2.05) is 6.07 Å². The monoisotopic (exact) mass is 189 g/mol. The van der Waals surface area contributed by atoms with E-state index >= 15 is 0 Å². The molecule has 0 aliphatic heterocycles. The Morgan fingerprint density at radius 3 is 2.93 bits per heavy atom. The smallest absolute Gasteiger partial charge is 0.188 e. The topological polar surface area (TPSA) is 49.4 Å². The van der Waals surface area contributed by atoms with Gasteiger partial charge in [0.25, 0.3) is 0 Å². The van der Waals surface area contributed by atoms with E-state index in [-0.39, 0.29) is 5.78 Å². The van der Waals surface area contributed by atoms with Gasteiger partial charge in [0.1, 0.15) is 5.75 Å². The minimum Gasteiger partial charge on any atom is -0.878 e. The van der Waals surface area contributed by atoms with Crippen molar-refractivity contribution in [3.8, 4) is 5.75 Å². The van der Waals surface area contributed by atoms with E-state index in [0.717, 1.165) is 5.56 Å². The molecule has 14 heavy (non-hydrogen) atoms. The summed E-state index contributed by atoms with van der Waals surface area (Å²) in [7, 11) is 1.55. The second-order valence-electron chi connectivity index (χ2n) is 3.17. The molecule has 1 aliphatic carbocycles. The van der Waals surface area contributed by atoms with Crippen LogP contribution in [0, 0.1) is 0 Å². The van der Waals surface area contributed by atoms with Crippen LogP contribution in [-0.2, 0) is 6.42 Å². The van der Waals surface area contributed by atoms with Crippen LogP contribution in [0.2, 0.25) is 0 Å². The van der Waals surface area contributed by atoms with E-state index in [2.05, 4.69) is 0 Å². The number of Topliss-reactive ketones (excluding diaryl/α,β-unsaturated/α-hetero) is 1. The molecule has 1 aromatic carbocycles. The summed E-state index contributed by atoms with van der Waals surface area (Å²) in [5.74, 6) is 0.471. The van der Waals surface area contributed by atoms with Crippen molar-refractivity contribution in [2.45, 2.75) is 6.42 Å². The molecule has 1 aliphatic rings. The predicted octanol–water partition coefficient (Wildman–Crippen LogP) is 0.678. The molecule has 72 valence electrons. The fourth-order valence-electron chi connectivity index (χ4n) is 1.60. The van der Waals surface area contributed by atoms with Gasteiger partial charge in [-0.3, -0.25) is 4.79 Å². The van der Waals surface area contributed by atoms with Gasteiger partial charge >= 0.3 is 0 Å². The lowest BCUT2D eigenvalue weighted by Gasteiger charge is -2.01. The summed E-state index contributed by atoms with van der Waals surface area (Å²) in [5, 5.41) is 10.6. The molecule has 0 radical (unpaired) electrons. The molecule has 0 bridgehead atoms. The third-order valence-corrected chi connectivity index (χ3v) is 2.38. The molecule has 0 N–H and O–H groups in total. The molecule has 0 amide bonds. The van der Waals surface area contributed by atoms with Gasteiger partial charge in [0.05, 0.1) is 7.11 Å². The Morgan fingerprint density at radius 1 is 1.50 bits per heavy atom. The van der Waals surface area contributed by atoms with Crippen LogP contribution in [0.25, 0.3) is 0 Å². The van der Waals surface area contributed by atoms with Gasteiger partial charge in [-0.25, -0.2) is 0 Å². The summed E-state index contributed by atoms with van der Waals surface area (Å²) in [5.41, 5.74) is 1.82. The number of carbonyl (C=O) groups excluding carboxylic acids is 1. The van der Waals surface area contributed by atoms with Gasteiger partial charge in [-0.05, 0) is 23.3 Å². The van der Waals surface area contributed by atoms with Crippen LogP contribution in [0.4, 0.5) is 0 Å². The van der Waals surface area contributed by atoms with E-state index in [9.17, 15) is 9.90 Å². The molecule has 0 saturated carbocycles. The number of fused-ring (bicyclic) bond motifs is 1. The Labute approximate surface area is 81.6 Å². The van der Waals surface area contributed by atoms with Gasteiger partial charge in [-0.1, -0.05) is 6.07 Å². The third-order valence-electron chi connectivity index (χ3n) is 2.38. The molecule has 3 nitrogen and oxygen atoms in total. The second kappa shape index (κ2) is 3.18. The summed E-state index contributed by atoms with van der Waals surface area (Å²) in [6.07, 6.45) is 1.08. The van der Waals surface area contributed by atoms with Crippen molar-refractivity contribution in [2.24, 2.45) is 0 Å². The van der Waals surface area contributed by atoms with E-state index in [0.29, 0.717) is 29.6 Å². The standard InChI is InChI=1S/C11H10O3/c1-14-9-3-2-7-4-8(6-12)11(13)10(7)5-9/h2-3,5-6,12H,4H2,1H3/p-1. The van der Waals surface area contributed by atoms with Crippen molar-refractivity contribution in [2.75, 3.05) is 7.11 Å². The van der Waals surface area contributed by atoms with Crippen molar-refractivity contribution < 1.29 is 14.6 Å². The largest absolute Gasteiger partial charge is 0.878 e. The highest BCUT2D eigenvalue weighted by Crippen LogP contribution is 2.28. The fourth-order valence-corrected chi connectivity index (χ4v) is 1.60. The van der Waals surface area contributed by atoms with Gasteiger partial charge in [0.2, 0.25) is 0 Å². The third kappa shape index (κ3) is 1.18. The molecule has 0 heterocycles. The maximum atomic E-state index is 11.6. The van der Waals surface area contributed by atoms with Crippen LogP contribution < -0.4 is 9.84 Å². The quantitative estimate of drug-likeness (QED) is 0.482. The van der Waals surface area contributed by atoms with Crippen molar-refractivity contribution >= 4 is 5.78 Å². The lowest BCUT2D eigenvalue weighted by molar-refractivity contribution is -0.275. The van der Waals surface area contributed by atoms with Gasteiger partial charge in [-0.15, -0.1) is 6.26 Å². The van der Waals surface area contributed by atoms with E-state index in [4.69, 9.17) is 4.74 Å².